The van der Waals surface area contributed by atoms with E-state index in [0.29, 0.717) is 5.56 Å². The SMILES string of the molecule is CC(=O)O[C@]12CO[C@@H]1C[C@H](O[C@@H]1OC[C@H](O)[C@H](O)[C@@H]1O)[C@]1(C)C(=O)[C@H](O)C3=C(C)[C@H](OC(=O)[C@H](O)[C@H](NC(=O)c4ccccc4)c4ccccc4)C[C@@](O)([C@H](OC(=O)c4ccccc4)[C@H]21)C3(C)C. The van der Waals surface area contributed by atoms with E-state index in [1.807, 2.05) is 0 Å². The van der Waals surface area contributed by atoms with Gasteiger partial charge in [0.2, 0.25) is 0 Å². The Labute approximate surface area is 391 Å². The summed E-state index contributed by atoms with van der Waals surface area (Å²) in [6.07, 6.45) is -17.8. The number of aliphatic hydroxyl groups excluding tert-OH is 5. The normalized spacial score (nSPS) is 36.0. The second kappa shape index (κ2) is 18.5. The highest BCUT2D eigenvalue weighted by Gasteiger charge is 2.78. The molecule has 364 valence electrons. The smallest absolute Gasteiger partial charge is 0.338 e. The molecule has 4 fully saturated rings. The minimum Gasteiger partial charge on any atom is -0.456 e. The highest BCUT2D eigenvalue weighted by atomic mass is 16.7. The van der Waals surface area contributed by atoms with Gasteiger partial charge in [0.15, 0.2) is 23.8 Å². The van der Waals surface area contributed by atoms with Crippen LogP contribution in [0.4, 0.5) is 0 Å². The monoisotopic (exact) mass is 943 g/mol. The minimum absolute atomic E-state index is 0.0280. The second-order valence-electron chi connectivity index (χ2n) is 19.1. The number of amides is 1. The Balaban J connectivity index is 1.26. The van der Waals surface area contributed by atoms with E-state index in [1.165, 1.54) is 39.8 Å². The Kier molecular flexibility index (Phi) is 13.3. The van der Waals surface area contributed by atoms with E-state index in [-0.39, 0.29) is 35.3 Å². The van der Waals surface area contributed by atoms with Crippen molar-refractivity contribution >= 4 is 29.6 Å². The van der Waals surface area contributed by atoms with Crippen LogP contribution in [0.3, 0.4) is 0 Å². The molecule has 8 rings (SSSR count). The summed E-state index contributed by atoms with van der Waals surface area (Å²) in [5, 5.41) is 72.9. The van der Waals surface area contributed by atoms with E-state index in [2.05, 4.69) is 5.32 Å². The fourth-order valence-corrected chi connectivity index (χ4v) is 11.2. The van der Waals surface area contributed by atoms with Gasteiger partial charge in [-0.3, -0.25) is 14.4 Å². The van der Waals surface area contributed by atoms with Crippen molar-refractivity contribution in [1.82, 2.24) is 5.32 Å². The fourth-order valence-electron chi connectivity index (χ4n) is 11.2. The number of Topliss-reactive ketones (excluding diaryl/α,β-unsaturated/α-hetero) is 1. The number of esters is 3. The average molecular weight is 944 g/mol. The average Bonchev–Trinajstić information content (AvgIpc) is 3.31. The molecule has 3 aromatic rings. The van der Waals surface area contributed by atoms with E-state index < -0.39 is 138 Å². The molecule has 0 spiro atoms. The summed E-state index contributed by atoms with van der Waals surface area (Å²) in [7, 11) is 0. The quantitative estimate of drug-likeness (QED) is 0.0818. The number of ether oxygens (including phenoxy) is 6. The molecule has 18 heteroatoms. The molecule has 3 aliphatic carbocycles. The summed E-state index contributed by atoms with van der Waals surface area (Å²) in [6.45, 7) is 6.21. The zero-order valence-electron chi connectivity index (χ0n) is 38.1. The van der Waals surface area contributed by atoms with Crippen LogP contribution in [0.5, 0.6) is 0 Å². The van der Waals surface area contributed by atoms with Gasteiger partial charge in [0.1, 0.15) is 48.3 Å². The standard InChI is InChI=1S/C50H57NO17/c1-25-31(65-45(61)38(56)35(27-15-9-6-10-16-27)51-43(59)28-17-11-7-12-18-28)22-50(62)42(67-44(60)29-19-13-8-14-20-29)40-48(5,41(58)37(55)34(25)47(50,3)4)32(21-33-49(40,24-64-33)68-26(2)52)66-46-39(57)36(54)30(53)23-63-46/h6-20,30-33,35-40,42,46,53-57,62H,21-24H2,1-5H3,(H,51,59)/t30-,31+,32-,33+,35+,36-,37+,38+,39-,40-,42+,46-,48-,49+,50+/m0/s1. The van der Waals surface area contributed by atoms with Crippen molar-refractivity contribution in [3.63, 3.8) is 0 Å². The summed E-state index contributed by atoms with van der Waals surface area (Å²) < 4.78 is 36.8. The lowest BCUT2D eigenvalue weighted by Gasteiger charge is -2.68. The summed E-state index contributed by atoms with van der Waals surface area (Å²) in [5.41, 5.74) is -7.60. The number of carbonyl (C=O) groups excluding carboxylic acids is 5. The first-order valence-electron chi connectivity index (χ1n) is 22.5. The molecule has 1 amide bonds. The van der Waals surface area contributed by atoms with Crippen LogP contribution in [0.1, 0.15) is 79.8 Å². The minimum atomic E-state index is -2.47. The van der Waals surface area contributed by atoms with Crippen molar-refractivity contribution < 1.29 is 83.0 Å². The number of ketones is 1. The molecule has 0 unspecified atom stereocenters. The van der Waals surface area contributed by atoms with Crippen LogP contribution in [0.2, 0.25) is 0 Å². The third kappa shape index (κ3) is 8.14. The van der Waals surface area contributed by atoms with Gasteiger partial charge in [-0.1, -0.05) is 80.6 Å². The Hall–Kier alpha value is -5.41. The molecule has 2 saturated heterocycles. The van der Waals surface area contributed by atoms with Gasteiger partial charge in [-0.05, 0) is 54.8 Å². The highest BCUT2D eigenvalue weighted by Crippen LogP contribution is 2.65. The topological polar surface area (TPSA) is 274 Å². The van der Waals surface area contributed by atoms with Crippen molar-refractivity contribution in [2.24, 2.45) is 16.7 Å². The third-order valence-electron chi connectivity index (χ3n) is 14.9. The van der Waals surface area contributed by atoms with Gasteiger partial charge in [-0.25, -0.2) is 9.59 Å². The Morgan fingerprint density at radius 1 is 0.824 bits per heavy atom. The van der Waals surface area contributed by atoms with Crippen molar-refractivity contribution in [3.8, 4) is 0 Å². The molecular weight excluding hydrogens is 887 g/mol. The summed E-state index contributed by atoms with van der Waals surface area (Å²) in [6, 6.07) is 22.7. The maximum absolute atomic E-state index is 15.7. The van der Waals surface area contributed by atoms with Gasteiger partial charge in [0.05, 0.1) is 42.3 Å². The first kappa shape index (κ1) is 49.0. The van der Waals surface area contributed by atoms with Crippen molar-refractivity contribution in [2.45, 2.75) is 126 Å². The maximum Gasteiger partial charge on any atom is 0.338 e. The number of hydrogen-bond acceptors (Lipinski definition) is 17. The molecule has 68 heavy (non-hydrogen) atoms. The molecular formula is C50H57NO17. The van der Waals surface area contributed by atoms with Crippen molar-refractivity contribution in [2.75, 3.05) is 13.2 Å². The number of aliphatic hydroxyl groups is 6. The number of fused-ring (bicyclic) bond motifs is 5. The predicted molar refractivity (Wildman–Crippen MR) is 235 cm³/mol. The molecule has 15 atom stereocenters. The fraction of sp³-hybridized carbons (Fsp3) is 0.500. The molecule has 0 aromatic heterocycles. The lowest BCUT2D eigenvalue weighted by Crippen LogP contribution is -2.82. The molecule has 2 saturated carbocycles. The molecule has 2 heterocycles. The van der Waals surface area contributed by atoms with Crippen LogP contribution in [0.25, 0.3) is 0 Å². The van der Waals surface area contributed by atoms with E-state index in [9.17, 15) is 49.8 Å². The molecule has 2 bridgehead atoms. The van der Waals surface area contributed by atoms with Crippen LogP contribution in [0, 0.1) is 16.7 Å². The van der Waals surface area contributed by atoms with E-state index >= 15 is 4.79 Å². The first-order chi connectivity index (χ1) is 32.2. The maximum atomic E-state index is 15.7. The summed E-state index contributed by atoms with van der Waals surface area (Å²) >= 11 is 0. The zero-order valence-corrected chi connectivity index (χ0v) is 38.1. The summed E-state index contributed by atoms with van der Waals surface area (Å²) in [4.78, 5) is 71.3. The molecule has 3 aromatic carbocycles. The molecule has 0 radical (unpaired) electrons. The largest absolute Gasteiger partial charge is 0.456 e. The Bertz CT molecular complexity index is 2430. The van der Waals surface area contributed by atoms with E-state index in [0.717, 1.165) is 6.92 Å². The van der Waals surface area contributed by atoms with Gasteiger partial charge in [0, 0.05) is 30.7 Å². The van der Waals surface area contributed by atoms with Gasteiger partial charge >= 0.3 is 17.9 Å². The lowest BCUT2D eigenvalue weighted by molar-refractivity contribution is -0.366. The number of benzene rings is 3. The van der Waals surface area contributed by atoms with E-state index in [1.54, 1.807) is 78.9 Å². The third-order valence-corrected chi connectivity index (χ3v) is 14.9. The van der Waals surface area contributed by atoms with Gasteiger partial charge in [-0.15, -0.1) is 0 Å². The second-order valence-corrected chi connectivity index (χ2v) is 19.1. The van der Waals surface area contributed by atoms with Crippen LogP contribution < -0.4 is 5.32 Å². The Morgan fingerprint density at radius 3 is 2.01 bits per heavy atom. The van der Waals surface area contributed by atoms with Crippen LogP contribution >= 0.6 is 0 Å². The molecule has 18 nitrogen and oxygen atoms in total. The number of hydrogen-bond donors (Lipinski definition) is 7. The van der Waals surface area contributed by atoms with Crippen molar-refractivity contribution in [1.29, 1.82) is 0 Å². The van der Waals surface area contributed by atoms with E-state index in [4.69, 9.17) is 28.4 Å². The molecule has 2 aliphatic heterocycles. The first-order valence-corrected chi connectivity index (χ1v) is 22.5. The van der Waals surface area contributed by atoms with Gasteiger partial charge in [-0.2, -0.15) is 0 Å². The number of rotatable bonds is 11. The van der Waals surface area contributed by atoms with Crippen LogP contribution in [0.15, 0.2) is 102 Å². The number of nitrogens with one attached hydrogen (secondary N) is 1. The summed E-state index contributed by atoms with van der Waals surface area (Å²) in [5.74, 6) is -6.29. The van der Waals surface area contributed by atoms with Gasteiger partial charge in [0.25, 0.3) is 5.91 Å². The van der Waals surface area contributed by atoms with Crippen molar-refractivity contribution in [3.05, 3.63) is 119 Å². The zero-order chi connectivity index (χ0) is 49.1. The predicted octanol–water partition coefficient (Wildman–Crippen LogP) is 1.63. The van der Waals surface area contributed by atoms with Crippen LogP contribution in [-0.4, -0.2) is 146 Å². The van der Waals surface area contributed by atoms with Gasteiger partial charge < -0.3 is 64.4 Å². The molecule has 5 aliphatic rings. The Morgan fingerprint density at radius 2 is 1.43 bits per heavy atom. The molecule has 7 N–H and O–H groups in total. The highest BCUT2D eigenvalue weighted by molar-refractivity contribution is 5.95. The number of carbonyl (C=O) groups is 5. The lowest BCUT2D eigenvalue weighted by atomic mass is 9.44. The van der Waals surface area contributed by atoms with Crippen LogP contribution in [-0.2, 0) is 42.8 Å².